The fraction of sp³-hybridized carbons (Fsp3) is 0.160. The molecule has 7 nitrogen and oxygen atoms in total. The molecule has 2 amide bonds. The summed E-state index contributed by atoms with van der Waals surface area (Å²) in [7, 11) is -3.87. The lowest BCUT2D eigenvalue weighted by atomic mass is 10.1. The van der Waals surface area contributed by atoms with E-state index in [1.165, 1.54) is 15.1 Å². The summed E-state index contributed by atoms with van der Waals surface area (Å²) >= 11 is 0. The van der Waals surface area contributed by atoms with Crippen LogP contribution < -0.4 is 0 Å². The molecule has 166 valence electrons. The number of aromatic nitrogens is 2. The molecule has 0 aliphatic carbocycles. The summed E-state index contributed by atoms with van der Waals surface area (Å²) in [5.74, 6) is -0.656. The Bertz CT molecular complexity index is 1500. The van der Waals surface area contributed by atoms with Crippen molar-refractivity contribution in [2.24, 2.45) is 0 Å². The zero-order valence-electron chi connectivity index (χ0n) is 18.1. The van der Waals surface area contributed by atoms with E-state index in [4.69, 9.17) is 0 Å². The molecule has 4 aromatic rings. The van der Waals surface area contributed by atoms with Crippen molar-refractivity contribution in [2.75, 3.05) is 6.54 Å². The zero-order chi connectivity index (χ0) is 23.3. The van der Waals surface area contributed by atoms with Gasteiger partial charge in [0.15, 0.2) is 0 Å². The van der Waals surface area contributed by atoms with Crippen LogP contribution in [0.4, 0.5) is 0 Å². The maximum atomic E-state index is 13.5. The number of hydrogen-bond acceptors (Lipinski definition) is 5. The van der Waals surface area contributed by atoms with Crippen molar-refractivity contribution in [3.8, 4) is 0 Å². The molecule has 3 heterocycles. The second-order valence-electron chi connectivity index (χ2n) is 8.10. The molecule has 0 spiro atoms. The van der Waals surface area contributed by atoms with Gasteiger partial charge in [-0.2, -0.15) is 0 Å². The van der Waals surface area contributed by atoms with Crippen molar-refractivity contribution in [3.63, 3.8) is 0 Å². The molecule has 5 rings (SSSR count). The fourth-order valence-corrected chi connectivity index (χ4v) is 5.97. The molecular formula is C25H21N3O4S. The second kappa shape index (κ2) is 7.67. The summed E-state index contributed by atoms with van der Waals surface area (Å²) in [5, 5.41) is 0.731. The quantitative estimate of drug-likeness (QED) is 0.424. The standard InChI is InChI=1S/C25H21N3O4S/c1-16-7-9-18(10-8-16)33(31,32)28-17(2)19(20-11-13-26-15-23(20)28)12-14-27-24(29)21-5-3-4-6-22(21)25(27)30/h3-11,13,15H,12,14H2,1-2H3. The number of benzene rings is 2. The first-order valence-electron chi connectivity index (χ1n) is 10.5. The van der Waals surface area contributed by atoms with E-state index in [0.29, 0.717) is 28.8 Å². The molecule has 8 heteroatoms. The normalized spacial score (nSPS) is 13.7. The van der Waals surface area contributed by atoms with E-state index < -0.39 is 10.0 Å². The van der Waals surface area contributed by atoms with E-state index in [1.54, 1.807) is 67.7 Å². The number of imide groups is 1. The Hall–Kier alpha value is -3.78. The van der Waals surface area contributed by atoms with Crippen LogP contribution in [0.3, 0.4) is 0 Å². The molecule has 2 aromatic carbocycles. The molecule has 1 aliphatic rings. The molecule has 0 atom stereocenters. The summed E-state index contributed by atoms with van der Waals surface area (Å²) in [6, 6.07) is 15.2. The molecule has 0 unspecified atom stereocenters. The second-order valence-corrected chi connectivity index (χ2v) is 9.88. The topological polar surface area (TPSA) is 89.3 Å². The molecular weight excluding hydrogens is 438 g/mol. The van der Waals surface area contributed by atoms with Gasteiger partial charge in [-0.3, -0.25) is 19.5 Å². The molecule has 2 aromatic heterocycles. The van der Waals surface area contributed by atoms with Gasteiger partial charge in [-0.15, -0.1) is 0 Å². The Labute approximate surface area is 191 Å². The summed E-state index contributed by atoms with van der Waals surface area (Å²) in [6.07, 6.45) is 3.46. The van der Waals surface area contributed by atoms with Crippen LogP contribution in [-0.2, 0) is 16.4 Å². The Morgan fingerprint density at radius 3 is 2.15 bits per heavy atom. The lowest BCUT2D eigenvalue weighted by Gasteiger charge is -2.14. The highest BCUT2D eigenvalue weighted by molar-refractivity contribution is 7.90. The average Bonchev–Trinajstić information content (AvgIpc) is 3.23. The predicted octanol–water partition coefficient (Wildman–Crippen LogP) is 3.73. The first-order valence-corrected chi connectivity index (χ1v) is 12.0. The molecule has 0 bridgehead atoms. The van der Waals surface area contributed by atoms with Crippen molar-refractivity contribution in [1.29, 1.82) is 0 Å². The van der Waals surface area contributed by atoms with Crippen LogP contribution in [0.15, 0.2) is 71.9 Å². The number of pyridine rings is 1. The smallest absolute Gasteiger partial charge is 0.268 e. The first kappa shape index (κ1) is 21.1. The third kappa shape index (κ3) is 3.25. The van der Waals surface area contributed by atoms with Gasteiger partial charge in [0.2, 0.25) is 0 Å². The third-order valence-corrected chi connectivity index (χ3v) is 7.93. The number of fused-ring (bicyclic) bond motifs is 2. The summed E-state index contributed by atoms with van der Waals surface area (Å²) in [4.78, 5) is 31.0. The maximum Gasteiger partial charge on any atom is 0.268 e. The van der Waals surface area contributed by atoms with Crippen molar-refractivity contribution in [1.82, 2.24) is 13.9 Å². The first-order chi connectivity index (χ1) is 15.8. The maximum absolute atomic E-state index is 13.5. The summed E-state index contributed by atoms with van der Waals surface area (Å²) in [6.45, 7) is 3.79. The van der Waals surface area contributed by atoms with Gasteiger partial charge in [-0.05, 0) is 56.2 Å². The van der Waals surface area contributed by atoms with Gasteiger partial charge in [-0.25, -0.2) is 12.4 Å². The van der Waals surface area contributed by atoms with Gasteiger partial charge in [0.1, 0.15) is 0 Å². The van der Waals surface area contributed by atoms with E-state index >= 15 is 0 Å². The van der Waals surface area contributed by atoms with Crippen molar-refractivity contribution >= 4 is 32.7 Å². The van der Waals surface area contributed by atoms with Crippen LogP contribution in [-0.4, -0.2) is 40.6 Å². The molecule has 33 heavy (non-hydrogen) atoms. The van der Waals surface area contributed by atoms with Crippen molar-refractivity contribution in [2.45, 2.75) is 25.2 Å². The SMILES string of the molecule is Cc1ccc(S(=O)(=O)n2c(C)c(CCN3C(=O)c4ccccc4C3=O)c3ccncc32)cc1. The van der Waals surface area contributed by atoms with Gasteiger partial charge in [0.05, 0.1) is 27.7 Å². The predicted molar refractivity (Wildman–Crippen MR) is 124 cm³/mol. The number of aryl methyl sites for hydroxylation is 1. The zero-order valence-corrected chi connectivity index (χ0v) is 19.0. The van der Waals surface area contributed by atoms with Crippen molar-refractivity contribution in [3.05, 3.63) is 94.9 Å². The molecule has 1 aliphatic heterocycles. The summed E-state index contributed by atoms with van der Waals surface area (Å²) in [5.41, 5.74) is 3.52. The molecule has 0 fully saturated rings. The van der Waals surface area contributed by atoms with Gasteiger partial charge in [0.25, 0.3) is 21.8 Å². The summed E-state index contributed by atoms with van der Waals surface area (Å²) < 4.78 is 28.3. The Balaban J connectivity index is 1.55. The lowest BCUT2D eigenvalue weighted by Crippen LogP contribution is -2.31. The minimum atomic E-state index is -3.87. The average molecular weight is 460 g/mol. The Kier molecular flexibility index (Phi) is 4.90. The highest BCUT2D eigenvalue weighted by Gasteiger charge is 2.35. The highest BCUT2D eigenvalue weighted by atomic mass is 32.2. The van der Waals surface area contributed by atoms with E-state index in [-0.39, 0.29) is 23.3 Å². The van der Waals surface area contributed by atoms with Crippen LogP contribution in [0.5, 0.6) is 0 Å². The van der Waals surface area contributed by atoms with Gasteiger partial charge in [0, 0.05) is 23.8 Å². The minimum absolute atomic E-state index is 0.152. The Morgan fingerprint density at radius 2 is 1.52 bits per heavy atom. The van der Waals surface area contributed by atoms with Gasteiger partial charge < -0.3 is 0 Å². The van der Waals surface area contributed by atoms with E-state index in [2.05, 4.69) is 4.98 Å². The number of nitrogens with zero attached hydrogens (tertiary/aromatic N) is 3. The van der Waals surface area contributed by atoms with E-state index in [9.17, 15) is 18.0 Å². The Morgan fingerprint density at radius 1 is 0.879 bits per heavy atom. The number of carbonyl (C=O) groups is 2. The van der Waals surface area contributed by atoms with Crippen LogP contribution in [0.25, 0.3) is 10.9 Å². The number of rotatable bonds is 5. The number of amides is 2. The van der Waals surface area contributed by atoms with Crippen LogP contribution >= 0.6 is 0 Å². The van der Waals surface area contributed by atoms with E-state index in [1.807, 2.05) is 6.92 Å². The molecule has 0 radical (unpaired) electrons. The van der Waals surface area contributed by atoms with E-state index in [0.717, 1.165) is 16.5 Å². The molecule has 0 N–H and O–H groups in total. The van der Waals surface area contributed by atoms with Gasteiger partial charge >= 0.3 is 0 Å². The number of hydrogen-bond donors (Lipinski definition) is 0. The van der Waals surface area contributed by atoms with Crippen LogP contribution in [0.1, 0.15) is 37.5 Å². The number of carbonyl (C=O) groups excluding carboxylic acids is 2. The minimum Gasteiger partial charge on any atom is -0.274 e. The van der Waals surface area contributed by atoms with Gasteiger partial charge in [-0.1, -0.05) is 29.8 Å². The van der Waals surface area contributed by atoms with Crippen LogP contribution in [0.2, 0.25) is 0 Å². The largest absolute Gasteiger partial charge is 0.274 e. The monoisotopic (exact) mass is 459 g/mol. The highest BCUT2D eigenvalue weighted by Crippen LogP contribution is 2.31. The van der Waals surface area contributed by atoms with Crippen molar-refractivity contribution < 1.29 is 18.0 Å². The third-order valence-electron chi connectivity index (χ3n) is 6.11. The lowest BCUT2D eigenvalue weighted by molar-refractivity contribution is 0.0656. The fourth-order valence-electron chi connectivity index (χ4n) is 4.41. The molecule has 0 saturated carbocycles. The van der Waals surface area contributed by atoms with Crippen LogP contribution in [0, 0.1) is 13.8 Å². The molecule has 0 saturated heterocycles.